The summed E-state index contributed by atoms with van der Waals surface area (Å²) in [5.74, 6) is 0. The van der Waals surface area contributed by atoms with Crippen molar-refractivity contribution in [3.63, 3.8) is 0 Å². The lowest BCUT2D eigenvalue weighted by Crippen LogP contribution is -2.67. The van der Waals surface area contributed by atoms with Gasteiger partial charge in [0.15, 0.2) is 0 Å². The minimum Gasteiger partial charge on any atom is -0.405 e. The highest BCUT2D eigenvalue weighted by Gasteiger charge is 2.50. The zero-order chi connectivity index (χ0) is 19.0. The maximum Gasteiger partial charge on any atom is 0.261 e. The number of aliphatic hydroxyl groups is 1. The van der Waals surface area contributed by atoms with Gasteiger partial charge in [0.1, 0.15) is 6.10 Å². The van der Waals surface area contributed by atoms with Crippen molar-refractivity contribution >= 4 is 18.7 Å². The SMILES string of the molecule is C=CCO[C@H](CO)CO[Si](c1ccccc1)(c1ccccc1)C(C)(C)C. The maximum atomic E-state index is 9.67. The standard InChI is InChI=1S/C22H30O3Si/c1-5-16-24-19(17-23)18-25-26(22(2,3)4,20-12-8-6-9-13-20)21-14-10-7-11-15-21/h5-15,19,23H,1,16-18H2,2-4H3/t19-/m1/s1. The summed E-state index contributed by atoms with van der Waals surface area (Å²) >= 11 is 0. The molecular weight excluding hydrogens is 340 g/mol. The van der Waals surface area contributed by atoms with E-state index in [2.05, 4.69) is 75.9 Å². The van der Waals surface area contributed by atoms with Crippen molar-refractivity contribution in [1.82, 2.24) is 0 Å². The highest BCUT2D eigenvalue weighted by atomic mass is 28.4. The second kappa shape index (κ2) is 9.28. The molecule has 0 aliphatic carbocycles. The first-order chi connectivity index (χ1) is 12.5. The van der Waals surface area contributed by atoms with Crippen LogP contribution in [0.15, 0.2) is 73.3 Å². The van der Waals surface area contributed by atoms with Crippen molar-refractivity contribution in [2.24, 2.45) is 0 Å². The molecule has 0 radical (unpaired) electrons. The summed E-state index contributed by atoms with van der Waals surface area (Å²) in [5.41, 5.74) is 0. The van der Waals surface area contributed by atoms with Crippen LogP contribution in [0.5, 0.6) is 0 Å². The molecule has 2 aromatic rings. The van der Waals surface area contributed by atoms with E-state index in [0.717, 1.165) is 0 Å². The highest BCUT2D eigenvalue weighted by Crippen LogP contribution is 2.36. The number of ether oxygens (including phenoxy) is 1. The quantitative estimate of drug-likeness (QED) is 0.544. The van der Waals surface area contributed by atoms with Crippen molar-refractivity contribution in [1.29, 1.82) is 0 Å². The van der Waals surface area contributed by atoms with Crippen LogP contribution in [0.1, 0.15) is 20.8 Å². The molecule has 3 nitrogen and oxygen atoms in total. The van der Waals surface area contributed by atoms with Crippen LogP contribution in [0.2, 0.25) is 5.04 Å². The predicted octanol–water partition coefficient (Wildman–Crippen LogP) is 3.13. The lowest BCUT2D eigenvalue weighted by Gasteiger charge is -2.43. The minimum atomic E-state index is -2.58. The predicted molar refractivity (Wildman–Crippen MR) is 111 cm³/mol. The van der Waals surface area contributed by atoms with E-state index in [1.54, 1.807) is 6.08 Å². The third kappa shape index (κ3) is 4.51. The van der Waals surface area contributed by atoms with Gasteiger partial charge in [0, 0.05) is 0 Å². The van der Waals surface area contributed by atoms with E-state index in [-0.39, 0.29) is 17.7 Å². The average molecular weight is 371 g/mol. The van der Waals surface area contributed by atoms with Crippen LogP contribution in [-0.2, 0) is 9.16 Å². The number of benzene rings is 2. The zero-order valence-corrected chi connectivity index (χ0v) is 17.0. The Hall–Kier alpha value is -1.72. The summed E-state index contributed by atoms with van der Waals surface area (Å²) in [6.07, 6.45) is 1.32. The molecule has 0 aliphatic heterocycles. The Bertz CT molecular complexity index is 625. The van der Waals surface area contributed by atoms with Crippen LogP contribution in [0.3, 0.4) is 0 Å². The molecule has 140 valence electrons. The summed E-state index contributed by atoms with van der Waals surface area (Å²) < 4.78 is 12.4. The molecule has 0 fully saturated rings. The fraction of sp³-hybridized carbons (Fsp3) is 0.364. The van der Waals surface area contributed by atoms with E-state index in [0.29, 0.717) is 13.2 Å². The third-order valence-corrected chi connectivity index (χ3v) is 9.56. The summed E-state index contributed by atoms with van der Waals surface area (Å²) in [7, 11) is -2.58. The summed E-state index contributed by atoms with van der Waals surface area (Å²) in [5, 5.41) is 12.0. The fourth-order valence-corrected chi connectivity index (χ4v) is 7.93. The Balaban J connectivity index is 2.48. The number of aliphatic hydroxyl groups excluding tert-OH is 1. The molecule has 4 heteroatoms. The van der Waals surface area contributed by atoms with Gasteiger partial charge in [0.25, 0.3) is 8.32 Å². The van der Waals surface area contributed by atoms with Gasteiger partial charge >= 0.3 is 0 Å². The molecule has 0 aromatic heterocycles. The molecule has 0 bridgehead atoms. The van der Waals surface area contributed by atoms with E-state index in [4.69, 9.17) is 9.16 Å². The topological polar surface area (TPSA) is 38.7 Å². The molecule has 0 amide bonds. The normalized spacial score (nSPS) is 13.4. The van der Waals surface area contributed by atoms with Crippen LogP contribution < -0.4 is 10.4 Å². The van der Waals surface area contributed by atoms with E-state index in [1.165, 1.54) is 10.4 Å². The summed E-state index contributed by atoms with van der Waals surface area (Å²) in [6.45, 7) is 11.0. The van der Waals surface area contributed by atoms with Gasteiger partial charge in [-0.1, -0.05) is 87.5 Å². The molecule has 2 aromatic carbocycles. The number of hydrogen-bond donors (Lipinski definition) is 1. The molecule has 0 heterocycles. The Labute approximate surface area is 158 Å². The zero-order valence-electron chi connectivity index (χ0n) is 16.0. The molecule has 2 rings (SSSR count). The minimum absolute atomic E-state index is 0.0773. The van der Waals surface area contributed by atoms with E-state index >= 15 is 0 Å². The molecule has 0 saturated carbocycles. The Morgan fingerprint density at radius 1 is 1.00 bits per heavy atom. The average Bonchev–Trinajstić information content (AvgIpc) is 2.65. The first kappa shape index (κ1) is 20.6. The smallest absolute Gasteiger partial charge is 0.261 e. The summed E-state index contributed by atoms with van der Waals surface area (Å²) in [4.78, 5) is 0. The summed E-state index contributed by atoms with van der Waals surface area (Å²) in [6, 6.07) is 20.9. The Kier molecular flexibility index (Phi) is 7.35. The van der Waals surface area contributed by atoms with Crippen molar-refractivity contribution in [2.45, 2.75) is 31.9 Å². The molecule has 1 N–H and O–H groups in total. The first-order valence-electron chi connectivity index (χ1n) is 9.04. The molecule has 0 unspecified atom stereocenters. The fourth-order valence-electron chi connectivity index (χ4n) is 3.34. The monoisotopic (exact) mass is 370 g/mol. The van der Waals surface area contributed by atoms with Crippen molar-refractivity contribution in [2.75, 3.05) is 19.8 Å². The Morgan fingerprint density at radius 3 is 1.88 bits per heavy atom. The molecule has 1 atom stereocenters. The van der Waals surface area contributed by atoms with Gasteiger partial charge < -0.3 is 14.3 Å². The van der Waals surface area contributed by atoms with E-state index in [1.807, 2.05) is 12.1 Å². The molecule has 0 saturated heterocycles. The maximum absolute atomic E-state index is 9.67. The van der Waals surface area contributed by atoms with Gasteiger partial charge in [0.2, 0.25) is 0 Å². The molecule has 0 aliphatic rings. The number of rotatable bonds is 9. The highest BCUT2D eigenvalue weighted by molar-refractivity contribution is 6.99. The second-order valence-electron chi connectivity index (χ2n) is 7.40. The lowest BCUT2D eigenvalue weighted by atomic mass is 10.2. The van der Waals surface area contributed by atoms with Gasteiger partial charge in [-0.25, -0.2) is 0 Å². The van der Waals surface area contributed by atoms with Gasteiger partial charge in [-0.2, -0.15) is 0 Å². The van der Waals surface area contributed by atoms with Crippen molar-refractivity contribution in [3.05, 3.63) is 73.3 Å². The molecule has 0 spiro atoms. The van der Waals surface area contributed by atoms with Gasteiger partial charge in [-0.3, -0.25) is 0 Å². The van der Waals surface area contributed by atoms with Crippen molar-refractivity contribution < 1.29 is 14.3 Å². The number of hydrogen-bond acceptors (Lipinski definition) is 3. The van der Waals surface area contributed by atoms with Crippen LogP contribution in [0.25, 0.3) is 0 Å². The van der Waals surface area contributed by atoms with Gasteiger partial charge in [-0.15, -0.1) is 6.58 Å². The third-order valence-electron chi connectivity index (χ3n) is 4.56. The van der Waals surface area contributed by atoms with Crippen LogP contribution in [-0.4, -0.2) is 39.3 Å². The van der Waals surface area contributed by atoms with Crippen LogP contribution in [0.4, 0.5) is 0 Å². The van der Waals surface area contributed by atoms with E-state index < -0.39 is 8.32 Å². The van der Waals surface area contributed by atoms with Crippen molar-refractivity contribution in [3.8, 4) is 0 Å². The largest absolute Gasteiger partial charge is 0.405 e. The Morgan fingerprint density at radius 2 is 1.50 bits per heavy atom. The molecule has 26 heavy (non-hydrogen) atoms. The van der Waals surface area contributed by atoms with Gasteiger partial charge in [0.05, 0.1) is 19.8 Å². The molecular formula is C22H30O3Si. The van der Waals surface area contributed by atoms with Crippen LogP contribution >= 0.6 is 0 Å². The van der Waals surface area contributed by atoms with Gasteiger partial charge in [-0.05, 0) is 15.4 Å². The van der Waals surface area contributed by atoms with Crippen LogP contribution in [0, 0.1) is 0 Å². The van der Waals surface area contributed by atoms with E-state index in [9.17, 15) is 5.11 Å². The first-order valence-corrected chi connectivity index (χ1v) is 10.9. The second-order valence-corrected chi connectivity index (χ2v) is 11.7. The lowest BCUT2D eigenvalue weighted by molar-refractivity contribution is -0.00293.